The van der Waals surface area contributed by atoms with Crippen molar-refractivity contribution in [2.45, 2.75) is 6.04 Å². The van der Waals surface area contributed by atoms with E-state index < -0.39 is 12.0 Å². The third-order valence-corrected chi connectivity index (χ3v) is 2.63. The lowest BCUT2D eigenvalue weighted by Crippen LogP contribution is -2.07. The Balaban J connectivity index is 2.88. The van der Waals surface area contributed by atoms with E-state index in [9.17, 15) is 4.79 Å². The van der Waals surface area contributed by atoms with Gasteiger partial charge in [-0.15, -0.1) is 0 Å². The number of carbonyl (C=O) groups is 1. The van der Waals surface area contributed by atoms with E-state index in [0.717, 1.165) is 16.1 Å². The number of ether oxygens (including phenoxy) is 1. The van der Waals surface area contributed by atoms with Crippen molar-refractivity contribution >= 4 is 21.9 Å². The van der Waals surface area contributed by atoms with Gasteiger partial charge in [-0.25, -0.2) is 4.79 Å². The summed E-state index contributed by atoms with van der Waals surface area (Å²) >= 11 is 3.33. The van der Waals surface area contributed by atoms with Gasteiger partial charge in [-0.05, 0) is 33.6 Å². The summed E-state index contributed by atoms with van der Waals surface area (Å²) in [7, 11) is 1.57. The summed E-state index contributed by atoms with van der Waals surface area (Å²) < 4.78 is 5.86. The molecular formula is C11H12BrNO3. The maximum Gasteiger partial charge on any atom is 0.328 e. The smallest absolute Gasteiger partial charge is 0.328 e. The molecule has 4 nitrogen and oxygen atoms in total. The predicted octanol–water partition coefficient (Wildman–Crippen LogP) is 2.10. The number of hydrogen-bond acceptors (Lipinski definition) is 3. The zero-order chi connectivity index (χ0) is 12.1. The summed E-state index contributed by atoms with van der Waals surface area (Å²) in [5.74, 6) is -0.304. The van der Waals surface area contributed by atoms with Gasteiger partial charge in [0.05, 0.1) is 11.6 Å². The fraction of sp³-hybridized carbons (Fsp3) is 0.182. The topological polar surface area (TPSA) is 72.5 Å². The highest BCUT2D eigenvalue weighted by atomic mass is 79.9. The Kier molecular flexibility index (Phi) is 4.52. The maximum atomic E-state index is 10.3. The zero-order valence-corrected chi connectivity index (χ0v) is 10.3. The summed E-state index contributed by atoms with van der Waals surface area (Å²) in [4.78, 5) is 10.3. The number of carboxylic acids is 1. The normalized spacial score (nSPS) is 12.7. The Morgan fingerprint density at radius 1 is 1.62 bits per heavy atom. The average Bonchev–Trinajstić information content (AvgIpc) is 2.25. The maximum absolute atomic E-state index is 10.3. The molecule has 0 aromatic heterocycles. The minimum Gasteiger partial charge on any atom is -0.496 e. The Bertz CT molecular complexity index is 418. The van der Waals surface area contributed by atoms with Crippen molar-refractivity contribution < 1.29 is 14.6 Å². The first kappa shape index (κ1) is 12.7. The van der Waals surface area contributed by atoms with Gasteiger partial charge in [0.1, 0.15) is 5.75 Å². The molecule has 0 aliphatic heterocycles. The quantitative estimate of drug-likeness (QED) is 0.831. The summed E-state index contributed by atoms with van der Waals surface area (Å²) in [6.45, 7) is 0. The number of benzene rings is 1. The van der Waals surface area contributed by atoms with Gasteiger partial charge < -0.3 is 15.6 Å². The summed E-state index contributed by atoms with van der Waals surface area (Å²) in [6.07, 6.45) is 2.46. The van der Waals surface area contributed by atoms with Crippen LogP contribution in [0.4, 0.5) is 0 Å². The highest BCUT2D eigenvalue weighted by Crippen LogP contribution is 2.27. The van der Waals surface area contributed by atoms with E-state index in [1.807, 2.05) is 0 Å². The van der Waals surface area contributed by atoms with Gasteiger partial charge >= 0.3 is 5.97 Å². The van der Waals surface area contributed by atoms with E-state index in [1.165, 1.54) is 6.08 Å². The van der Waals surface area contributed by atoms with Crippen molar-refractivity contribution in [1.82, 2.24) is 0 Å². The largest absolute Gasteiger partial charge is 0.496 e. The van der Waals surface area contributed by atoms with Crippen molar-refractivity contribution in [1.29, 1.82) is 0 Å². The van der Waals surface area contributed by atoms with Crippen LogP contribution in [0.5, 0.6) is 5.75 Å². The van der Waals surface area contributed by atoms with E-state index in [-0.39, 0.29) is 0 Å². The molecule has 0 spiro atoms. The van der Waals surface area contributed by atoms with Crippen LogP contribution in [-0.2, 0) is 4.79 Å². The number of rotatable bonds is 4. The van der Waals surface area contributed by atoms with Crippen LogP contribution < -0.4 is 10.5 Å². The lowest BCUT2D eigenvalue weighted by Gasteiger charge is -2.09. The molecule has 0 heterocycles. The van der Waals surface area contributed by atoms with E-state index in [0.29, 0.717) is 5.75 Å². The molecule has 0 saturated heterocycles. The lowest BCUT2D eigenvalue weighted by atomic mass is 10.1. The van der Waals surface area contributed by atoms with Gasteiger partial charge in [0.25, 0.3) is 0 Å². The van der Waals surface area contributed by atoms with Crippen molar-refractivity contribution in [3.05, 3.63) is 40.4 Å². The number of hydrogen-bond donors (Lipinski definition) is 2. The monoisotopic (exact) mass is 285 g/mol. The number of halogens is 1. The Morgan fingerprint density at radius 3 is 2.81 bits per heavy atom. The Labute approximate surface area is 102 Å². The van der Waals surface area contributed by atoms with Crippen molar-refractivity contribution in [2.75, 3.05) is 7.11 Å². The number of carboxylic acid groups (broad SMARTS) is 1. The fourth-order valence-electron chi connectivity index (χ4n) is 1.19. The standard InChI is InChI=1S/C11H12BrNO3/c1-16-10-4-2-7(6-8(10)12)9(13)3-5-11(14)15/h2-6,9H,13H2,1H3,(H,14,15)/b5-3+. The van der Waals surface area contributed by atoms with E-state index in [4.69, 9.17) is 15.6 Å². The first-order chi connectivity index (χ1) is 7.54. The number of aliphatic carboxylic acids is 1. The molecule has 3 N–H and O–H groups in total. The molecule has 86 valence electrons. The first-order valence-electron chi connectivity index (χ1n) is 4.54. The van der Waals surface area contributed by atoms with E-state index in [1.54, 1.807) is 25.3 Å². The number of nitrogens with two attached hydrogens (primary N) is 1. The van der Waals surface area contributed by atoms with Gasteiger partial charge in [-0.2, -0.15) is 0 Å². The fourth-order valence-corrected chi connectivity index (χ4v) is 1.75. The molecule has 1 aromatic rings. The lowest BCUT2D eigenvalue weighted by molar-refractivity contribution is -0.131. The molecule has 0 aliphatic carbocycles. The van der Waals surface area contributed by atoms with Crippen LogP contribution in [0.3, 0.4) is 0 Å². The molecule has 0 fully saturated rings. The van der Waals surface area contributed by atoms with Gasteiger partial charge in [-0.3, -0.25) is 0 Å². The van der Waals surface area contributed by atoms with Crippen LogP contribution in [0.2, 0.25) is 0 Å². The molecule has 1 unspecified atom stereocenters. The third-order valence-electron chi connectivity index (χ3n) is 2.01. The Morgan fingerprint density at radius 2 is 2.31 bits per heavy atom. The molecule has 1 atom stereocenters. The Hall–Kier alpha value is -1.33. The average molecular weight is 286 g/mol. The van der Waals surface area contributed by atoms with E-state index >= 15 is 0 Å². The highest BCUT2D eigenvalue weighted by Gasteiger charge is 2.06. The minimum absolute atomic E-state index is 0.446. The molecule has 0 bridgehead atoms. The summed E-state index contributed by atoms with van der Waals surface area (Å²) in [6, 6.07) is 4.92. The van der Waals surface area contributed by atoms with Crippen molar-refractivity contribution in [2.24, 2.45) is 5.73 Å². The van der Waals surface area contributed by atoms with Gasteiger partial charge in [-0.1, -0.05) is 12.1 Å². The van der Waals surface area contributed by atoms with Gasteiger partial charge in [0, 0.05) is 12.1 Å². The molecule has 1 rings (SSSR count). The molecular weight excluding hydrogens is 274 g/mol. The zero-order valence-electron chi connectivity index (χ0n) is 8.68. The second-order valence-electron chi connectivity index (χ2n) is 3.12. The van der Waals surface area contributed by atoms with Crippen molar-refractivity contribution in [3.63, 3.8) is 0 Å². The van der Waals surface area contributed by atoms with Crippen LogP contribution in [0.1, 0.15) is 11.6 Å². The molecule has 5 heteroatoms. The van der Waals surface area contributed by atoms with Gasteiger partial charge in [0.2, 0.25) is 0 Å². The second-order valence-corrected chi connectivity index (χ2v) is 3.97. The van der Waals surface area contributed by atoms with E-state index in [2.05, 4.69) is 15.9 Å². The SMILES string of the molecule is COc1ccc(C(N)/C=C/C(=O)O)cc1Br. The molecule has 0 radical (unpaired) electrons. The highest BCUT2D eigenvalue weighted by molar-refractivity contribution is 9.10. The van der Waals surface area contributed by atoms with Crippen LogP contribution in [0, 0.1) is 0 Å². The molecule has 0 aliphatic rings. The van der Waals surface area contributed by atoms with Gasteiger partial charge in [0.15, 0.2) is 0 Å². The molecule has 0 saturated carbocycles. The van der Waals surface area contributed by atoms with Crippen molar-refractivity contribution in [3.8, 4) is 5.75 Å². The minimum atomic E-state index is -1.01. The second kappa shape index (κ2) is 5.67. The van der Waals surface area contributed by atoms with Crippen LogP contribution >= 0.6 is 15.9 Å². The molecule has 0 amide bonds. The molecule has 16 heavy (non-hydrogen) atoms. The molecule has 1 aromatic carbocycles. The number of methoxy groups -OCH3 is 1. The van der Waals surface area contributed by atoms with Crippen LogP contribution in [-0.4, -0.2) is 18.2 Å². The van der Waals surface area contributed by atoms with Crippen LogP contribution in [0.15, 0.2) is 34.8 Å². The van der Waals surface area contributed by atoms with Crippen LogP contribution in [0.25, 0.3) is 0 Å². The summed E-state index contributed by atoms with van der Waals surface area (Å²) in [5, 5.41) is 8.47. The predicted molar refractivity (Wildman–Crippen MR) is 64.4 cm³/mol. The summed E-state index contributed by atoms with van der Waals surface area (Å²) in [5.41, 5.74) is 6.60. The first-order valence-corrected chi connectivity index (χ1v) is 5.34. The third kappa shape index (κ3) is 3.36.